The van der Waals surface area contributed by atoms with Gasteiger partial charge < -0.3 is 15.7 Å². The first-order chi connectivity index (χ1) is 10.3. The van der Waals surface area contributed by atoms with E-state index in [1.807, 2.05) is 12.1 Å². The van der Waals surface area contributed by atoms with Gasteiger partial charge in [-0.25, -0.2) is 0 Å². The molecule has 1 aromatic carbocycles. The van der Waals surface area contributed by atoms with Crippen LogP contribution in [-0.4, -0.2) is 38.9 Å². The minimum absolute atomic E-state index is 0.279. The number of nitrogens with one attached hydrogen (secondary N) is 3. The average molecular weight is 284 g/mol. The molecule has 0 aliphatic carbocycles. The van der Waals surface area contributed by atoms with Crippen molar-refractivity contribution in [3.05, 3.63) is 36.0 Å². The molecule has 0 radical (unpaired) electrons. The third-order valence-corrected chi connectivity index (χ3v) is 3.18. The van der Waals surface area contributed by atoms with Gasteiger partial charge in [-0.1, -0.05) is 12.1 Å². The second-order valence-electron chi connectivity index (χ2n) is 4.62. The standard InChI is InChI=1S/C14H16N6O/c1-15-14-18-12(11-8-17-20-13(11)19-14)16-7-6-9-2-4-10(21)5-3-9/h2-5,8,21H,6-7H2,1H3,(H3,15,16,17,18,19,20). The van der Waals surface area contributed by atoms with Crippen molar-refractivity contribution in [1.29, 1.82) is 0 Å². The molecule has 0 atom stereocenters. The molecule has 2 aromatic heterocycles. The van der Waals surface area contributed by atoms with Crippen LogP contribution in [0.4, 0.5) is 11.8 Å². The second-order valence-corrected chi connectivity index (χ2v) is 4.62. The molecule has 7 nitrogen and oxygen atoms in total. The Morgan fingerprint density at radius 3 is 2.76 bits per heavy atom. The number of aromatic nitrogens is 4. The molecule has 0 amide bonds. The van der Waals surface area contributed by atoms with Crippen LogP contribution in [0.2, 0.25) is 0 Å². The van der Waals surface area contributed by atoms with Crippen molar-refractivity contribution >= 4 is 22.8 Å². The Kier molecular flexibility index (Phi) is 3.55. The fraction of sp³-hybridized carbons (Fsp3) is 0.214. The van der Waals surface area contributed by atoms with Crippen LogP contribution in [0.5, 0.6) is 5.75 Å². The molecule has 0 fully saturated rings. The Hall–Kier alpha value is -2.83. The number of aromatic hydroxyl groups is 1. The first kappa shape index (κ1) is 13.2. The fourth-order valence-corrected chi connectivity index (χ4v) is 2.07. The molecule has 0 aliphatic heterocycles. The number of H-pyrrole nitrogens is 1. The predicted molar refractivity (Wildman–Crippen MR) is 81.5 cm³/mol. The molecule has 0 saturated heterocycles. The molecule has 3 aromatic rings. The normalized spacial score (nSPS) is 10.7. The van der Waals surface area contributed by atoms with Crippen LogP contribution in [0.3, 0.4) is 0 Å². The highest BCUT2D eigenvalue weighted by molar-refractivity contribution is 5.86. The van der Waals surface area contributed by atoms with Crippen molar-refractivity contribution in [1.82, 2.24) is 20.2 Å². The molecule has 7 heteroatoms. The average Bonchev–Trinajstić information content (AvgIpc) is 2.97. The number of hydrogen-bond acceptors (Lipinski definition) is 6. The van der Waals surface area contributed by atoms with Crippen molar-refractivity contribution in [2.75, 3.05) is 24.2 Å². The summed E-state index contributed by atoms with van der Waals surface area (Å²) in [5.74, 6) is 1.57. The zero-order chi connectivity index (χ0) is 14.7. The van der Waals surface area contributed by atoms with Gasteiger partial charge in [0.05, 0.1) is 11.6 Å². The van der Waals surface area contributed by atoms with E-state index >= 15 is 0 Å². The van der Waals surface area contributed by atoms with Gasteiger partial charge in [-0.3, -0.25) is 5.10 Å². The molecule has 0 spiro atoms. The van der Waals surface area contributed by atoms with Crippen LogP contribution >= 0.6 is 0 Å². The predicted octanol–water partition coefficient (Wildman–Crippen LogP) is 1.75. The highest BCUT2D eigenvalue weighted by Crippen LogP contribution is 2.19. The largest absolute Gasteiger partial charge is 0.508 e. The summed E-state index contributed by atoms with van der Waals surface area (Å²) in [6, 6.07) is 7.19. The lowest BCUT2D eigenvalue weighted by atomic mass is 10.1. The molecule has 0 saturated carbocycles. The number of phenols is 1. The molecule has 4 N–H and O–H groups in total. The molecule has 0 unspecified atom stereocenters. The number of benzene rings is 1. The molecule has 2 heterocycles. The Labute approximate surface area is 121 Å². The van der Waals surface area contributed by atoms with Gasteiger partial charge in [0.2, 0.25) is 5.95 Å². The van der Waals surface area contributed by atoms with Crippen molar-refractivity contribution in [3.8, 4) is 5.75 Å². The lowest BCUT2D eigenvalue weighted by Crippen LogP contribution is -2.08. The van der Waals surface area contributed by atoms with Crippen LogP contribution in [0.1, 0.15) is 5.56 Å². The molecule has 3 rings (SSSR count). The van der Waals surface area contributed by atoms with E-state index < -0.39 is 0 Å². The summed E-state index contributed by atoms with van der Waals surface area (Å²) < 4.78 is 0. The maximum Gasteiger partial charge on any atom is 0.226 e. The number of nitrogens with zero attached hydrogens (tertiary/aromatic N) is 3. The zero-order valence-corrected chi connectivity index (χ0v) is 11.6. The number of fused-ring (bicyclic) bond motifs is 1. The summed E-state index contributed by atoms with van der Waals surface area (Å²) in [5.41, 5.74) is 1.84. The second kappa shape index (κ2) is 5.66. The monoisotopic (exact) mass is 284 g/mol. The van der Waals surface area contributed by atoms with Gasteiger partial charge >= 0.3 is 0 Å². The maximum absolute atomic E-state index is 9.26. The molecule has 108 valence electrons. The van der Waals surface area contributed by atoms with Gasteiger partial charge in [0.15, 0.2) is 5.65 Å². The summed E-state index contributed by atoms with van der Waals surface area (Å²) >= 11 is 0. The quantitative estimate of drug-likeness (QED) is 0.570. The third kappa shape index (κ3) is 2.86. The van der Waals surface area contributed by atoms with E-state index in [0.717, 1.165) is 29.7 Å². The van der Waals surface area contributed by atoms with Crippen molar-refractivity contribution in [3.63, 3.8) is 0 Å². The van der Waals surface area contributed by atoms with Gasteiger partial charge in [-0.05, 0) is 24.1 Å². The van der Waals surface area contributed by atoms with Crippen LogP contribution in [0.25, 0.3) is 11.0 Å². The zero-order valence-electron chi connectivity index (χ0n) is 11.6. The minimum atomic E-state index is 0.279. The maximum atomic E-state index is 9.26. The Balaban J connectivity index is 1.72. The Morgan fingerprint density at radius 2 is 2.00 bits per heavy atom. The van der Waals surface area contributed by atoms with Gasteiger partial charge in [0.25, 0.3) is 0 Å². The first-order valence-electron chi connectivity index (χ1n) is 6.67. The van der Waals surface area contributed by atoms with Gasteiger partial charge in [0.1, 0.15) is 11.6 Å². The number of anilines is 2. The lowest BCUT2D eigenvalue weighted by molar-refractivity contribution is 0.475. The number of rotatable bonds is 5. The number of hydrogen-bond donors (Lipinski definition) is 4. The Morgan fingerprint density at radius 1 is 1.19 bits per heavy atom. The summed E-state index contributed by atoms with van der Waals surface area (Å²) in [4.78, 5) is 8.69. The van der Waals surface area contributed by atoms with Crippen molar-refractivity contribution in [2.24, 2.45) is 0 Å². The summed E-state index contributed by atoms with van der Waals surface area (Å²) in [7, 11) is 1.78. The molecular formula is C14H16N6O. The van der Waals surface area contributed by atoms with E-state index in [2.05, 4.69) is 30.8 Å². The molecular weight excluding hydrogens is 268 g/mol. The van der Waals surface area contributed by atoms with Gasteiger partial charge in [-0.2, -0.15) is 15.1 Å². The highest BCUT2D eigenvalue weighted by Gasteiger charge is 2.08. The van der Waals surface area contributed by atoms with Crippen molar-refractivity contribution < 1.29 is 5.11 Å². The van der Waals surface area contributed by atoms with Gasteiger partial charge in [-0.15, -0.1) is 0 Å². The van der Waals surface area contributed by atoms with Crippen LogP contribution < -0.4 is 10.6 Å². The number of phenolic OH excluding ortho intramolecular Hbond substituents is 1. The van der Waals surface area contributed by atoms with E-state index in [1.54, 1.807) is 25.4 Å². The lowest BCUT2D eigenvalue weighted by Gasteiger charge is -2.08. The van der Waals surface area contributed by atoms with E-state index in [4.69, 9.17) is 0 Å². The fourth-order valence-electron chi connectivity index (χ4n) is 2.07. The summed E-state index contributed by atoms with van der Waals surface area (Å²) in [6.07, 6.45) is 2.54. The minimum Gasteiger partial charge on any atom is -0.508 e. The Bertz CT molecular complexity index is 737. The number of aromatic amines is 1. The van der Waals surface area contributed by atoms with Gasteiger partial charge in [0, 0.05) is 13.6 Å². The molecule has 0 aliphatic rings. The summed E-state index contributed by atoms with van der Waals surface area (Å²) in [6.45, 7) is 0.727. The van der Waals surface area contributed by atoms with E-state index in [-0.39, 0.29) is 5.75 Å². The summed E-state index contributed by atoms with van der Waals surface area (Å²) in [5, 5.41) is 23.2. The first-order valence-corrected chi connectivity index (χ1v) is 6.67. The van der Waals surface area contributed by atoms with Crippen LogP contribution in [0, 0.1) is 0 Å². The van der Waals surface area contributed by atoms with Crippen LogP contribution in [0.15, 0.2) is 30.5 Å². The third-order valence-electron chi connectivity index (χ3n) is 3.18. The highest BCUT2D eigenvalue weighted by atomic mass is 16.3. The molecule has 0 bridgehead atoms. The topological polar surface area (TPSA) is 98.8 Å². The van der Waals surface area contributed by atoms with E-state index in [1.165, 1.54) is 0 Å². The smallest absolute Gasteiger partial charge is 0.226 e. The SMILES string of the molecule is CNc1nc(NCCc2ccc(O)cc2)c2cn[nH]c2n1. The van der Waals surface area contributed by atoms with E-state index in [9.17, 15) is 5.11 Å². The van der Waals surface area contributed by atoms with E-state index in [0.29, 0.717) is 11.6 Å². The molecule has 21 heavy (non-hydrogen) atoms. The van der Waals surface area contributed by atoms with Crippen molar-refractivity contribution in [2.45, 2.75) is 6.42 Å². The van der Waals surface area contributed by atoms with Crippen LogP contribution in [-0.2, 0) is 6.42 Å².